The number of benzene rings is 2. The van der Waals surface area contributed by atoms with E-state index in [0.29, 0.717) is 5.15 Å². The summed E-state index contributed by atoms with van der Waals surface area (Å²) in [5.74, 6) is 0.912. The normalized spacial score (nSPS) is 11.0. The molecule has 0 spiro atoms. The second-order valence-corrected chi connectivity index (χ2v) is 5.63. The van der Waals surface area contributed by atoms with Crippen LogP contribution in [0.25, 0.3) is 22.6 Å². The molecule has 0 amide bonds. The number of rotatable bonds is 3. The standard InChI is InChI=1S/C18H17ClN2/c1-13(2)21-16(14-9-5-3-6-10-14)17(19)20-18(21)15-11-7-4-8-12-15/h3-13H,1-2H3. The van der Waals surface area contributed by atoms with E-state index in [4.69, 9.17) is 11.6 Å². The van der Waals surface area contributed by atoms with Crippen LogP contribution in [0.2, 0.25) is 5.15 Å². The lowest BCUT2D eigenvalue weighted by molar-refractivity contribution is 0.612. The van der Waals surface area contributed by atoms with Gasteiger partial charge in [0.1, 0.15) is 5.82 Å². The number of aromatic nitrogens is 2. The Morgan fingerprint density at radius 2 is 1.38 bits per heavy atom. The molecule has 0 aliphatic rings. The topological polar surface area (TPSA) is 17.8 Å². The highest BCUT2D eigenvalue weighted by Gasteiger charge is 2.20. The van der Waals surface area contributed by atoms with Gasteiger partial charge in [0.15, 0.2) is 5.15 Å². The first-order valence-corrected chi connectivity index (χ1v) is 7.45. The molecule has 0 unspecified atom stereocenters. The third-order valence-corrected chi connectivity index (χ3v) is 3.73. The molecule has 3 rings (SSSR count). The van der Waals surface area contributed by atoms with Crippen molar-refractivity contribution in [1.82, 2.24) is 9.55 Å². The second-order valence-electron chi connectivity index (χ2n) is 5.27. The number of hydrogen-bond donors (Lipinski definition) is 0. The lowest BCUT2D eigenvalue weighted by atomic mass is 10.1. The molecule has 2 nitrogen and oxygen atoms in total. The minimum absolute atomic E-state index is 0.274. The van der Waals surface area contributed by atoms with Crippen LogP contribution < -0.4 is 0 Å². The summed E-state index contributed by atoms with van der Waals surface area (Å²) in [4.78, 5) is 4.61. The molecule has 3 aromatic rings. The first-order chi connectivity index (χ1) is 10.2. The fraction of sp³-hybridized carbons (Fsp3) is 0.167. The van der Waals surface area contributed by atoms with Gasteiger partial charge in [-0.25, -0.2) is 4.98 Å². The van der Waals surface area contributed by atoms with E-state index in [1.54, 1.807) is 0 Å². The number of hydrogen-bond acceptors (Lipinski definition) is 1. The van der Waals surface area contributed by atoms with Crippen molar-refractivity contribution >= 4 is 11.6 Å². The molecule has 0 saturated heterocycles. The van der Waals surface area contributed by atoms with Crippen LogP contribution in [0.1, 0.15) is 19.9 Å². The molecule has 1 aromatic heterocycles. The minimum atomic E-state index is 0.274. The van der Waals surface area contributed by atoms with Crippen LogP contribution in [-0.4, -0.2) is 9.55 Å². The Hall–Kier alpha value is -2.06. The number of nitrogens with zero attached hydrogens (tertiary/aromatic N) is 2. The van der Waals surface area contributed by atoms with Crippen molar-refractivity contribution in [3.05, 3.63) is 65.8 Å². The maximum Gasteiger partial charge on any atom is 0.155 e. The lowest BCUT2D eigenvalue weighted by Gasteiger charge is -2.16. The van der Waals surface area contributed by atoms with Crippen molar-refractivity contribution in [2.24, 2.45) is 0 Å². The van der Waals surface area contributed by atoms with Crippen molar-refractivity contribution in [2.45, 2.75) is 19.9 Å². The molecule has 21 heavy (non-hydrogen) atoms. The summed E-state index contributed by atoms with van der Waals surface area (Å²) in [5.41, 5.74) is 3.15. The highest BCUT2D eigenvalue weighted by atomic mass is 35.5. The van der Waals surface area contributed by atoms with E-state index < -0.39 is 0 Å². The summed E-state index contributed by atoms with van der Waals surface area (Å²) in [6.07, 6.45) is 0. The third kappa shape index (κ3) is 2.59. The van der Waals surface area contributed by atoms with Crippen LogP contribution in [0.4, 0.5) is 0 Å². The van der Waals surface area contributed by atoms with Crippen molar-refractivity contribution in [1.29, 1.82) is 0 Å². The quantitative estimate of drug-likeness (QED) is 0.628. The molecule has 1 heterocycles. The molecule has 0 N–H and O–H groups in total. The summed E-state index contributed by atoms with van der Waals surface area (Å²) >= 11 is 6.45. The molecular weight excluding hydrogens is 280 g/mol. The average molecular weight is 297 g/mol. The van der Waals surface area contributed by atoms with Crippen LogP contribution in [0.3, 0.4) is 0 Å². The Morgan fingerprint density at radius 1 is 0.857 bits per heavy atom. The molecule has 3 heteroatoms. The predicted octanol–water partition coefficient (Wildman–Crippen LogP) is 5.45. The van der Waals surface area contributed by atoms with Gasteiger partial charge in [-0.05, 0) is 13.8 Å². The fourth-order valence-corrected chi connectivity index (χ4v) is 2.83. The Morgan fingerprint density at radius 3 is 1.90 bits per heavy atom. The molecule has 0 bridgehead atoms. The first kappa shape index (κ1) is 13.9. The van der Waals surface area contributed by atoms with Crippen LogP contribution in [-0.2, 0) is 0 Å². The average Bonchev–Trinajstić information content (AvgIpc) is 2.87. The van der Waals surface area contributed by atoms with Gasteiger partial charge in [0, 0.05) is 17.2 Å². The molecule has 0 fully saturated rings. The van der Waals surface area contributed by atoms with E-state index >= 15 is 0 Å². The molecule has 0 atom stereocenters. The van der Waals surface area contributed by atoms with E-state index in [1.807, 2.05) is 36.4 Å². The molecule has 0 aliphatic carbocycles. The largest absolute Gasteiger partial charge is 0.320 e. The Labute approximate surface area is 130 Å². The van der Waals surface area contributed by atoms with Crippen LogP contribution in [0.15, 0.2) is 60.7 Å². The van der Waals surface area contributed by atoms with Crippen LogP contribution in [0.5, 0.6) is 0 Å². The minimum Gasteiger partial charge on any atom is -0.320 e. The maximum absolute atomic E-state index is 6.45. The van der Waals surface area contributed by atoms with Crippen molar-refractivity contribution in [3.63, 3.8) is 0 Å². The van der Waals surface area contributed by atoms with Gasteiger partial charge in [-0.2, -0.15) is 0 Å². The summed E-state index contributed by atoms with van der Waals surface area (Å²) in [6.45, 7) is 4.30. The first-order valence-electron chi connectivity index (χ1n) is 7.07. The zero-order chi connectivity index (χ0) is 14.8. The highest BCUT2D eigenvalue weighted by molar-refractivity contribution is 6.32. The van der Waals surface area contributed by atoms with Crippen molar-refractivity contribution < 1.29 is 0 Å². The zero-order valence-electron chi connectivity index (χ0n) is 12.1. The van der Waals surface area contributed by atoms with Gasteiger partial charge in [-0.3, -0.25) is 0 Å². The van der Waals surface area contributed by atoms with E-state index in [9.17, 15) is 0 Å². The summed E-state index contributed by atoms with van der Waals surface area (Å²) < 4.78 is 2.20. The van der Waals surface area contributed by atoms with Crippen molar-refractivity contribution in [3.8, 4) is 22.6 Å². The molecule has 0 saturated carbocycles. The highest BCUT2D eigenvalue weighted by Crippen LogP contribution is 2.35. The predicted molar refractivity (Wildman–Crippen MR) is 88.5 cm³/mol. The molecular formula is C18H17ClN2. The summed E-state index contributed by atoms with van der Waals surface area (Å²) in [6, 6.07) is 20.6. The van der Waals surface area contributed by atoms with Gasteiger partial charge >= 0.3 is 0 Å². The van der Waals surface area contributed by atoms with Crippen LogP contribution >= 0.6 is 11.6 Å². The zero-order valence-corrected chi connectivity index (χ0v) is 12.9. The van der Waals surface area contributed by atoms with Gasteiger partial charge in [-0.1, -0.05) is 72.3 Å². The summed E-state index contributed by atoms with van der Waals surface area (Å²) in [5, 5.41) is 0.550. The van der Waals surface area contributed by atoms with E-state index in [2.05, 4.69) is 47.7 Å². The smallest absolute Gasteiger partial charge is 0.155 e. The van der Waals surface area contributed by atoms with Gasteiger partial charge in [0.25, 0.3) is 0 Å². The SMILES string of the molecule is CC(C)n1c(-c2ccccc2)nc(Cl)c1-c1ccccc1. The maximum atomic E-state index is 6.45. The molecule has 2 aromatic carbocycles. The Bertz CT molecular complexity index is 731. The Balaban J connectivity index is 2.25. The summed E-state index contributed by atoms with van der Waals surface area (Å²) in [7, 11) is 0. The van der Waals surface area contributed by atoms with E-state index in [1.165, 1.54) is 0 Å². The number of halogens is 1. The van der Waals surface area contributed by atoms with Crippen LogP contribution in [0, 0.1) is 0 Å². The lowest BCUT2D eigenvalue weighted by Crippen LogP contribution is -2.05. The Kier molecular flexibility index (Phi) is 3.80. The van der Waals surface area contributed by atoms with Crippen molar-refractivity contribution in [2.75, 3.05) is 0 Å². The third-order valence-electron chi connectivity index (χ3n) is 3.46. The van der Waals surface area contributed by atoms with E-state index in [0.717, 1.165) is 22.6 Å². The monoisotopic (exact) mass is 296 g/mol. The van der Waals surface area contributed by atoms with Gasteiger partial charge in [0.2, 0.25) is 0 Å². The molecule has 106 valence electrons. The number of imidazole rings is 1. The fourth-order valence-electron chi connectivity index (χ4n) is 2.55. The van der Waals surface area contributed by atoms with E-state index in [-0.39, 0.29) is 6.04 Å². The van der Waals surface area contributed by atoms with Gasteiger partial charge in [-0.15, -0.1) is 0 Å². The van der Waals surface area contributed by atoms with Gasteiger partial charge in [0.05, 0.1) is 5.69 Å². The second kappa shape index (κ2) is 5.74. The molecule has 0 aliphatic heterocycles. The molecule has 0 radical (unpaired) electrons. The van der Waals surface area contributed by atoms with Gasteiger partial charge < -0.3 is 4.57 Å².